The van der Waals surface area contributed by atoms with Gasteiger partial charge in [-0.3, -0.25) is 19.2 Å². The van der Waals surface area contributed by atoms with Crippen LogP contribution >= 0.6 is 0 Å². The molecule has 1 aliphatic carbocycles. The van der Waals surface area contributed by atoms with Gasteiger partial charge in [0.1, 0.15) is 30.1 Å². The molecule has 2 saturated heterocycles. The predicted molar refractivity (Wildman–Crippen MR) is 254 cm³/mol. The number of hydrogen-bond donors (Lipinski definition) is 3. The molecule has 3 aliphatic heterocycles. The van der Waals surface area contributed by atoms with E-state index >= 15 is 0 Å². The Morgan fingerprint density at radius 1 is 0.851 bits per heavy atom. The van der Waals surface area contributed by atoms with E-state index in [0.717, 1.165) is 12.0 Å². The average molecular weight is 942 g/mol. The zero-order valence-corrected chi connectivity index (χ0v) is 42.2. The normalized spacial score (nSPS) is 39.7. The minimum Gasteiger partial charge on any atom is -0.460 e. The lowest BCUT2D eigenvalue weighted by Gasteiger charge is -2.43. The summed E-state index contributed by atoms with van der Waals surface area (Å²) in [5.41, 5.74) is 1.28. The number of aliphatic hydroxyl groups is 3. The van der Waals surface area contributed by atoms with Gasteiger partial charge in [0.05, 0.1) is 30.5 Å². The third-order valence-corrected chi connectivity index (χ3v) is 14.6. The second-order valence-corrected chi connectivity index (χ2v) is 20.5. The van der Waals surface area contributed by atoms with Gasteiger partial charge in [-0.15, -0.1) is 0 Å². The van der Waals surface area contributed by atoms with Crippen LogP contribution in [0.5, 0.6) is 0 Å². The van der Waals surface area contributed by atoms with Gasteiger partial charge >= 0.3 is 5.97 Å². The molecule has 14 heteroatoms. The fraction of sp³-hybridized carbons (Fsp3) is 0.755. The SMILES string of the molecule is CO[C@@H]1CC(CC(C)C2CC(=O)[C@H](C)/C=C(\C)[C@@H](O)[C@@H](OC)C(=O)[C@H](C)C[C@H](C)/C=C/C=C/C=C(\C)C(OC(C)C)C[C@@H]3CC[C@@H](C)[C@@](O)(O3)C(=O)C(=O)N3CCCC[C@H]3C(=O)O2)CC[C@H]1O. The maximum absolute atomic E-state index is 14.4. The largest absolute Gasteiger partial charge is 0.460 e. The summed E-state index contributed by atoms with van der Waals surface area (Å²) in [5.74, 6) is -7.98. The van der Waals surface area contributed by atoms with Gasteiger partial charge in [0, 0.05) is 51.4 Å². The second kappa shape index (κ2) is 26.0. The van der Waals surface area contributed by atoms with E-state index in [2.05, 4.69) is 0 Å². The molecule has 1 saturated carbocycles. The lowest BCUT2D eigenvalue weighted by molar-refractivity contribution is -0.266. The molecule has 3 fully saturated rings. The van der Waals surface area contributed by atoms with E-state index < -0.39 is 83.9 Å². The number of nitrogens with zero attached hydrogens (tertiary/aromatic N) is 1. The molecule has 2 bridgehead atoms. The van der Waals surface area contributed by atoms with Crippen molar-refractivity contribution in [2.24, 2.45) is 35.5 Å². The molecule has 4 rings (SSSR count). The summed E-state index contributed by atoms with van der Waals surface area (Å²) < 4.78 is 30.0. The van der Waals surface area contributed by atoms with Gasteiger partial charge in [-0.2, -0.15) is 0 Å². The Hall–Kier alpha value is -3.37. The van der Waals surface area contributed by atoms with Gasteiger partial charge in [0.25, 0.3) is 11.7 Å². The second-order valence-electron chi connectivity index (χ2n) is 20.5. The topological polar surface area (TPSA) is 195 Å². The van der Waals surface area contributed by atoms with Crippen LogP contribution in [0.3, 0.4) is 0 Å². The van der Waals surface area contributed by atoms with Crippen LogP contribution in [0.2, 0.25) is 0 Å². The van der Waals surface area contributed by atoms with Crippen molar-refractivity contribution in [1.82, 2.24) is 4.90 Å². The van der Waals surface area contributed by atoms with E-state index in [9.17, 15) is 39.3 Å². The highest BCUT2D eigenvalue weighted by Gasteiger charge is 2.53. The number of aliphatic hydroxyl groups excluding tert-OH is 2. The van der Waals surface area contributed by atoms with Gasteiger partial charge in [-0.05, 0) is 121 Å². The highest BCUT2D eigenvalue weighted by atomic mass is 16.6. The van der Waals surface area contributed by atoms with E-state index in [0.29, 0.717) is 63.4 Å². The summed E-state index contributed by atoms with van der Waals surface area (Å²) in [5, 5.41) is 34.0. The van der Waals surface area contributed by atoms with Crippen LogP contribution < -0.4 is 0 Å². The van der Waals surface area contributed by atoms with Crippen molar-refractivity contribution < 1.29 is 63.0 Å². The summed E-state index contributed by atoms with van der Waals surface area (Å²) in [6.45, 7) is 16.6. The number of amides is 1. The molecule has 0 aromatic heterocycles. The van der Waals surface area contributed by atoms with Crippen LogP contribution in [0.4, 0.5) is 0 Å². The number of carbonyl (C=O) groups excluding carboxylic acids is 5. The number of fused-ring (bicyclic) bond motifs is 3. The third kappa shape index (κ3) is 15.3. The Morgan fingerprint density at radius 2 is 1.57 bits per heavy atom. The molecule has 3 N–H and O–H groups in total. The maximum Gasteiger partial charge on any atom is 0.329 e. The van der Waals surface area contributed by atoms with Crippen LogP contribution in [-0.4, -0.2) is 131 Å². The van der Waals surface area contributed by atoms with E-state index in [-0.39, 0.29) is 60.9 Å². The Bertz CT molecular complexity index is 1800. The number of carbonyl (C=O) groups is 5. The number of allylic oxidation sites excluding steroid dienone is 6. The van der Waals surface area contributed by atoms with Gasteiger partial charge in [-0.1, -0.05) is 71.1 Å². The third-order valence-electron chi connectivity index (χ3n) is 14.6. The van der Waals surface area contributed by atoms with Gasteiger partial charge in [0.15, 0.2) is 5.78 Å². The summed E-state index contributed by atoms with van der Waals surface area (Å²) in [6, 6.07) is -1.14. The standard InChI is InChI=1S/C53H83NO13/c1-31(2)65-44-29-40-22-20-38(9)53(62,67-40)50(59)51(60)54-24-16-15-19-41(54)52(61)66-45(35(6)27-39-21-23-42(55)46(28-39)63-10)30-43(56)34(5)26-37(8)48(58)49(64-11)47(57)36(7)25-32(3)17-13-12-14-18-33(44)4/h12-14,17-18,26,31-32,34-36,38-42,44-46,48-49,55,58,62H,15-16,19-25,27-30H2,1-11H3/b14-12+,17-13+,33-18+,37-26+/t32-,34-,35?,36-,38-,39?,40+,41+,42-,44?,45?,46-,48-,49+,53-/m1/s1. The summed E-state index contributed by atoms with van der Waals surface area (Å²) in [4.78, 5) is 72.1. The molecule has 3 heterocycles. The monoisotopic (exact) mass is 942 g/mol. The number of esters is 1. The van der Waals surface area contributed by atoms with Crippen molar-refractivity contribution in [3.8, 4) is 0 Å². The van der Waals surface area contributed by atoms with Crippen molar-refractivity contribution in [2.45, 2.75) is 200 Å². The van der Waals surface area contributed by atoms with Gasteiger partial charge in [0.2, 0.25) is 5.79 Å². The maximum atomic E-state index is 14.4. The molecule has 1 amide bonds. The zero-order chi connectivity index (χ0) is 49.7. The number of methoxy groups -OCH3 is 2. The van der Waals surface area contributed by atoms with E-state index in [4.69, 9.17) is 23.7 Å². The first kappa shape index (κ1) is 56.2. The number of Topliss-reactive ketones (excluding diaryl/α,β-unsaturated/α-hetero) is 3. The Balaban J connectivity index is 1.72. The molecular formula is C53H83NO13. The lowest BCUT2D eigenvalue weighted by Crippen LogP contribution is -2.61. The highest BCUT2D eigenvalue weighted by Crippen LogP contribution is 2.38. The molecule has 378 valence electrons. The summed E-state index contributed by atoms with van der Waals surface area (Å²) in [7, 11) is 2.95. The van der Waals surface area contributed by atoms with Crippen LogP contribution in [-0.2, 0) is 47.7 Å². The highest BCUT2D eigenvalue weighted by molar-refractivity contribution is 6.39. The Morgan fingerprint density at radius 3 is 2.24 bits per heavy atom. The fourth-order valence-electron chi connectivity index (χ4n) is 10.3. The molecule has 4 unspecified atom stereocenters. The summed E-state index contributed by atoms with van der Waals surface area (Å²) in [6.07, 6.45) is 11.1. The molecule has 4 aliphatic rings. The number of ether oxygens (including phenoxy) is 5. The molecule has 67 heavy (non-hydrogen) atoms. The minimum atomic E-state index is -2.44. The summed E-state index contributed by atoms with van der Waals surface area (Å²) >= 11 is 0. The van der Waals surface area contributed by atoms with Crippen LogP contribution in [0, 0.1) is 35.5 Å². The smallest absolute Gasteiger partial charge is 0.329 e. The predicted octanol–water partition coefficient (Wildman–Crippen LogP) is 6.96. The Labute approximate surface area is 399 Å². The number of hydrogen-bond acceptors (Lipinski definition) is 13. The molecule has 0 spiro atoms. The minimum absolute atomic E-state index is 0.0150. The van der Waals surface area contributed by atoms with Crippen LogP contribution in [0.15, 0.2) is 47.6 Å². The molecular weight excluding hydrogens is 859 g/mol. The molecule has 15 atom stereocenters. The van der Waals surface area contributed by atoms with Gasteiger partial charge < -0.3 is 43.9 Å². The number of rotatable bonds is 7. The van der Waals surface area contributed by atoms with E-state index in [1.165, 1.54) is 12.0 Å². The molecule has 0 radical (unpaired) electrons. The molecule has 0 aromatic rings. The van der Waals surface area contributed by atoms with Crippen molar-refractivity contribution in [3.63, 3.8) is 0 Å². The lowest BCUT2D eigenvalue weighted by atomic mass is 9.78. The fourth-order valence-corrected chi connectivity index (χ4v) is 10.3. The Kier molecular flexibility index (Phi) is 21.8. The molecule has 0 aromatic carbocycles. The first-order valence-corrected chi connectivity index (χ1v) is 24.9. The van der Waals surface area contributed by atoms with Crippen molar-refractivity contribution in [2.75, 3.05) is 20.8 Å². The van der Waals surface area contributed by atoms with Crippen molar-refractivity contribution in [1.29, 1.82) is 0 Å². The first-order valence-electron chi connectivity index (χ1n) is 24.9. The average Bonchev–Trinajstić information content (AvgIpc) is 3.29. The van der Waals surface area contributed by atoms with E-state index in [1.807, 2.05) is 71.9 Å². The van der Waals surface area contributed by atoms with Crippen LogP contribution in [0.25, 0.3) is 0 Å². The molecule has 14 nitrogen and oxygen atoms in total. The quantitative estimate of drug-likeness (QED) is 0.135. The van der Waals surface area contributed by atoms with Gasteiger partial charge in [-0.25, -0.2) is 4.79 Å². The van der Waals surface area contributed by atoms with E-state index in [1.54, 1.807) is 34.0 Å². The van der Waals surface area contributed by atoms with Crippen molar-refractivity contribution in [3.05, 3.63) is 47.6 Å². The number of ketones is 3. The number of cyclic esters (lactones) is 1. The van der Waals surface area contributed by atoms with Crippen molar-refractivity contribution >= 4 is 29.2 Å². The van der Waals surface area contributed by atoms with Crippen LogP contribution in [0.1, 0.15) is 139 Å². The first-order chi connectivity index (χ1) is 31.6. The number of piperidine rings is 1. The zero-order valence-electron chi connectivity index (χ0n) is 42.2.